The molecule has 0 bridgehead atoms. The van der Waals surface area contributed by atoms with E-state index in [9.17, 15) is 4.79 Å². The van der Waals surface area contributed by atoms with Gasteiger partial charge in [-0.2, -0.15) is 0 Å². The molecule has 0 saturated heterocycles. The Bertz CT molecular complexity index is 625. The first-order valence-electron chi connectivity index (χ1n) is 6.19. The van der Waals surface area contributed by atoms with Gasteiger partial charge >= 0.3 is 0 Å². The summed E-state index contributed by atoms with van der Waals surface area (Å²) >= 11 is 0. The van der Waals surface area contributed by atoms with Crippen LogP contribution in [0.1, 0.15) is 16.2 Å². The number of nitrogens with one attached hydrogen (secondary N) is 2. The molecule has 3 rings (SSSR count). The molecule has 0 saturated carbocycles. The molecule has 2 heterocycles. The molecule has 1 aliphatic rings. The van der Waals surface area contributed by atoms with Gasteiger partial charge in [-0.1, -0.05) is 0 Å². The van der Waals surface area contributed by atoms with Crippen molar-refractivity contribution in [3.05, 3.63) is 35.9 Å². The van der Waals surface area contributed by atoms with Crippen LogP contribution < -0.4 is 20.5 Å². The summed E-state index contributed by atoms with van der Waals surface area (Å²) in [5.41, 5.74) is 6.59. The fraction of sp³-hybridized carbons (Fsp3) is 0.231. The van der Waals surface area contributed by atoms with E-state index in [4.69, 9.17) is 15.2 Å². The van der Waals surface area contributed by atoms with Crippen molar-refractivity contribution >= 4 is 11.6 Å². The van der Waals surface area contributed by atoms with Gasteiger partial charge in [0, 0.05) is 37.1 Å². The second kappa shape index (κ2) is 5.12. The number of nitrogens with zero attached hydrogens (tertiary/aromatic N) is 1. The first kappa shape index (κ1) is 12.3. The smallest absolute Gasteiger partial charge is 0.253 e. The lowest BCUT2D eigenvalue weighted by molar-refractivity contribution is 0.0954. The minimum Gasteiger partial charge on any atom is -0.454 e. The maximum Gasteiger partial charge on any atom is 0.253 e. The zero-order valence-corrected chi connectivity index (χ0v) is 10.7. The van der Waals surface area contributed by atoms with Crippen LogP contribution in [-0.2, 0) is 6.42 Å². The number of aromatic nitrogens is 2. The van der Waals surface area contributed by atoms with E-state index >= 15 is 0 Å². The fourth-order valence-corrected chi connectivity index (χ4v) is 1.98. The van der Waals surface area contributed by atoms with Crippen molar-refractivity contribution in [3.63, 3.8) is 0 Å². The molecule has 0 atom stereocenters. The summed E-state index contributed by atoms with van der Waals surface area (Å²) in [6, 6.07) is 3.20. The molecule has 0 unspecified atom stereocenters. The highest BCUT2D eigenvalue weighted by Crippen LogP contribution is 2.35. The predicted octanol–water partition coefficient (Wildman–Crippen LogP) is 0.693. The van der Waals surface area contributed by atoms with Crippen molar-refractivity contribution in [3.8, 4) is 11.5 Å². The Labute approximate surface area is 115 Å². The summed E-state index contributed by atoms with van der Waals surface area (Å²) in [7, 11) is 0. The van der Waals surface area contributed by atoms with Crippen molar-refractivity contribution in [1.29, 1.82) is 0 Å². The topological polar surface area (TPSA) is 102 Å². The summed E-state index contributed by atoms with van der Waals surface area (Å²) in [6.45, 7) is 0.624. The standard InChI is InChI=1S/C13H14N4O3/c14-9-6-11-10(19-7-20-11)5-8(9)13(18)17-2-1-12-15-3-4-16-12/h3-6H,1-2,7,14H2,(H,15,16)(H,17,18). The summed E-state index contributed by atoms with van der Waals surface area (Å²) in [6.07, 6.45) is 4.04. The average Bonchev–Trinajstić information content (AvgIpc) is 3.08. The molecule has 7 heteroatoms. The maximum absolute atomic E-state index is 12.1. The molecule has 0 radical (unpaired) electrons. The zero-order valence-electron chi connectivity index (χ0n) is 10.7. The van der Waals surface area contributed by atoms with Crippen molar-refractivity contribution in [2.24, 2.45) is 0 Å². The predicted molar refractivity (Wildman–Crippen MR) is 71.6 cm³/mol. The fourth-order valence-electron chi connectivity index (χ4n) is 1.98. The molecule has 104 valence electrons. The van der Waals surface area contributed by atoms with Gasteiger partial charge in [0.05, 0.1) is 5.56 Å². The quantitative estimate of drug-likeness (QED) is 0.712. The van der Waals surface area contributed by atoms with Crippen LogP contribution in [0.4, 0.5) is 5.69 Å². The van der Waals surface area contributed by atoms with Gasteiger partial charge in [-0.25, -0.2) is 4.98 Å². The number of nitrogen functional groups attached to an aromatic ring is 1. The molecule has 1 amide bonds. The SMILES string of the molecule is Nc1cc2c(cc1C(=O)NCCc1ncc[nH]1)OCO2. The van der Waals surface area contributed by atoms with Gasteiger partial charge in [0.25, 0.3) is 5.91 Å². The minimum atomic E-state index is -0.243. The molecule has 2 aromatic rings. The number of amides is 1. The van der Waals surface area contributed by atoms with Crippen LogP contribution in [0, 0.1) is 0 Å². The van der Waals surface area contributed by atoms with E-state index in [0.29, 0.717) is 35.7 Å². The number of nitrogens with two attached hydrogens (primary N) is 1. The number of hydrogen-bond acceptors (Lipinski definition) is 5. The van der Waals surface area contributed by atoms with Gasteiger partial charge in [-0.15, -0.1) is 0 Å². The van der Waals surface area contributed by atoms with E-state index in [1.165, 1.54) is 0 Å². The van der Waals surface area contributed by atoms with Crippen LogP contribution in [0.2, 0.25) is 0 Å². The normalized spacial score (nSPS) is 12.4. The Kier molecular flexibility index (Phi) is 3.16. The van der Waals surface area contributed by atoms with Crippen molar-refractivity contribution in [2.45, 2.75) is 6.42 Å². The Balaban J connectivity index is 1.65. The summed E-state index contributed by atoms with van der Waals surface area (Å²) in [5, 5.41) is 2.79. The lowest BCUT2D eigenvalue weighted by atomic mass is 10.1. The van der Waals surface area contributed by atoms with E-state index in [2.05, 4.69) is 15.3 Å². The monoisotopic (exact) mass is 274 g/mol. The van der Waals surface area contributed by atoms with Gasteiger partial charge in [0.2, 0.25) is 6.79 Å². The number of carbonyl (C=O) groups excluding carboxylic acids is 1. The van der Waals surface area contributed by atoms with E-state index in [1.807, 2.05) is 0 Å². The number of H-pyrrole nitrogens is 1. The van der Waals surface area contributed by atoms with Crippen LogP contribution in [0.3, 0.4) is 0 Å². The highest BCUT2D eigenvalue weighted by Gasteiger charge is 2.19. The number of carbonyl (C=O) groups is 1. The number of anilines is 1. The van der Waals surface area contributed by atoms with E-state index in [0.717, 1.165) is 5.82 Å². The van der Waals surface area contributed by atoms with Gasteiger partial charge in [0.15, 0.2) is 11.5 Å². The summed E-state index contributed by atoms with van der Waals surface area (Å²) in [5.74, 6) is 1.68. The minimum absolute atomic E-state index is 0.151. The first-order valence-corrected chi connectivity index (χ1v) is 6.19. The number of benzene rings is 1. The number of rotatable bonds is 4. The highest BCUT2D eigenvalue weighted by atomic mass is 16.7. The number of imidazole rings is 1. The molecule has 0 fully saturated rings. The van der Waals surface area contributed by atoms with Crippen LogP contribution in [0.15, 0.2) is 24.5 Å². The molecule has 0 aliphatic carbocycles. The number of fused-ring (bicyclic) bond motifs is 1. The molecule has 20 heavy (non-hydrogen) atoms. The Morgan fingerprint density at radius 3 is 2.95 bits per heavy atom. The number of hydrogen-bond donors (Lipinski definition) is 3. The second-order valence-electron chi connectivity index (χ2n) is 4.33. The molecule has 1 aromatic carbocycles. The van der Waals surface area contributed by atoms with E-state index < -0.39 is 0 Å². The third-order valence-corrected chi connectivity index (χ3v) is 2.99. The van der Waals surface area contributed by atoms with Crippen molar-refractivity contribution in [1.82, 2.24) is 15.3 Å². The lowest BCUT2D eigenvalue weighted by Crippen LogP contribution is -2.26. The van der Waals surface area contributed by atoms with Gasteiger partial charge < -0.3 is 25.5 Å². The molecule has 0 spiro atoms. The van der Waals surface area contributed by atoms with Crippen molar-refractivity contribution < 1.29 is 14.3 Å². The van der Waals surface area contributed by atoms with Crippen LogP contribution in [0.25, 0.3) is 0 Å². The van der Waals surface area contributed by atoms with E-state index in [1.54, 1.807) is 24.5 Å². The Morgan fingerprint density at radius 2 is 2.20 bits per heavy atom. The van der Waals surface area contributed by atoms with Crippen LogP contribution >= 0.6 is 0 Å². The van der Waals surface area contributed by atoms with Crippen LogP contribution in [-0.4, -0.2) is 29.2 Å². The molecule has 1 aliphatic heterocycles. The van der Waals surface area contributed by atoms with E-state index in [-0.39, 0.29) is 12.7 Å². The molecule has 4 N–H and O–H groups in total. The molecule has 1 aromatic heterocycles. The first-order chi connectivity index (χ1) is 9.74. The largest absolute Gasteiger partial charge is 0.454 e. The molecular formula is C13H14N4O3. The molecular weight excluding hydrogens is 260 g/mol. The highest BCUT2D eigenvalue weighted by molar-refractivity contribution is 6.00. The van der Waals surface area contributed by atoms with Gasteiger partial charge in [-0.3, -0.25) is 4.79 Å². The summed E-state index contributed by atoms with van der Waals surface area (Å²) in [4.78, 5) is 19.1. The van der Waals surface area contributed by atoms with Gasteiger partial charge in [-0.05, 0) is 6.07 Å². The second-order valence-corrected chi connectivity index (χ2v) is 4.33. The zero-order chi connectivity index (χ0) is 13.9. The Hall–Kier alpha value is -2.70. The third kappa shape index (κ3) is 2.37. The maximum atomic E-state index is 12.1. The Morgan fingerprint density at radius 1 is 1.40 bits per heavy atom. The lowest BCUT2D eigenvalue weighted by Gasteiger charge is -2.08. The number of ether oxygens (including phenoxy) is 2. The van der Waals surface area contributed by atoms with Crippen LogP contribution in [0.5, 0.6) is 11.5 Å². The number of aromatic amines is 1. The van der Waals surface area contributed by atoms with Crippen molar-refractivity contribution in [2.75, 3.05) is 19.1 Å². The van der Waals surface area contributed by atoms with Gasteiger partial charge in [0.1, 0.15) is 5.82 Å². The summed E-state index contributed by atoms with van der Waals surface area (Å²) < 4.78 is 10.4. The molecule has 7 nitrogen and oxygen atoms in total. The average molecular weight is 274 g/mol. The third-order valence-electron chi connectivity index (χ3n) is 2.99.